The highest BCUT2D eigenvalue weighted by atomic mass is 32.3. The maximum atomic E-state index is 11.2. The van der Waals surface area contributed by atoms with Crippen LogP contribution in [0.25, 0.3) is 23.3 Å². The van der Waals surface area contributed by atoms with Gasteiger partial charge < -0.3 is 10.0 Å². The van der Waals surface area contributed by atoms with Crippen molar-refractivity contribution in [1.82, 2.24) is 0 Å². The number of aliphatic carboxylic acids is 1. The number of hydrogen-bond donors (Lipinski definition) is 1. The number of hydrogen-bond acceptors (Lipinski definition) is 8. The van der Waals surface area contributed by atoms with E-state index in [0.717, 1.165) is 24.1 Å². The smallest absolute Gasteiger partial charge is 0.346 e. The first-order valence-corrected chi connectivity index (χ1v) is 18.9. The van der Waals surface area contributed by atoms with E-state index in [1.165, 1.54) is 64.8 Å². The van der Waals surface area contributed by atoms with Crippen LogP contribution in [0.3, 0.4) is 0 Å². The molecule has 0 unspecified atom stereocenters. The van der Waals surface area contributed by atoms with E-state index in [0.29, 0.717) is 5.56 Å². The van der Waals surface area contributed by atoms with E-state index in [2.05, 4.69) is 66.8 Å². The predicted octanol–water partition coefficient (Wildman–Crippen LogP) is 11.2. The number of anilines is 2. The lowest BCUT2D eigenvalue weighted by Gasteiger charge is -2.33. The fourth-order valence-corrected chi connectivity index (χ4v) is 11.0. The van der Waals surface area contributed by atoms with Gasteiger partial charge in [0.1, 0.15) is 11.6 Å². The molecule has 0 radical (unpaired) electrons. The molecular weight excluding hydrogens is 629 g/mol. The van der Waals surface area contributed by atoms with E-state index in [1.54, 1.807) is 6.07 Å². The lowest BCUT2D eigenvalue weighted by molar-refractivity contribution is -0.132. The van der Waals surface area contributed by atoms with Crippen molar-refractivity contribution in [3.8, 4) is 17.2 Å². The van der Waals surface area contributed by atoms with Crippen molar-refractivity contribution < 1.29 is 9.90 Å². The van der Waals surface area contributed by atoms with Crippen molar-refractivity contribution in [2.75, 3.05) is 24.0 Å². The lowest BCUT2D eigenvalue weighted by Crippen LogP contribution is -2.22. The maximum Gasteiger partial charge on any atom is 0.346 e. The van der Waals surface area contributed by atoms with E-state index < -0.39 is 5.97 Å². The average molecular weight is 661 g/mol. The number of nitriles is 1. The monoisotopic (exact) mass is 660 g/mol. The summed E-state index contributed by atoms with van der Waals surface area (Å²) in [6.07, 6.45) is 12.8. The second-order valence-electron chi connectivity index (χ2n) is 9.97. The molecule has 0 atom stereocenters. The van der Waals surface area contributed by atoms with Crippen molar-refractivity contribution >= 4 is 88.3 Å². The molecule has 2 aliphatic rings. The molecule has 0 aliphatic carbocycles. The van der Waals surface area contributed by atoms with Crippen molar-refractivity contribution in [3.05, 3.63) is 90.1 Å². The van der Waals surface area contributed by atoms with Gasteiger partial charge in [-0.2, -0.15) is 5.26 Å². The Kier molecular flexibility index (Phi) is 11.0. The summed E-state index contributed by atoms with van der Waals surface area (Å²) >= 11 is 9.20. The van der Waals surface area contributed by atoms with Gasteiger partial charge in [-0.3, -0.25) is 0 Å². The van der Waals surface area contributed by atoms with E-state index in [1.807, 2.05) is 83.1 Å². The molecule has 2 heterocycles. The van der Waals surface area contributed by atoms with Crippen LogP contribution in [0.5, 0.6) is 0 Å². The molecule has 0 amide bonds. The highest BCUT2D eigenvalue weighted by Gasteiger charge is 2.25. The molecular formula is C34H32N2O2S5. The molecule has 4 nitrogen and oxygen atoms in total. The minimum atomic E-state index is -1.22. The minimum Gasteiger partial charge on any atom is -0.477 e. The zero-order valence-electron chi connectivity index (χ0n) is 24.3. The van der Waals surface area contributed by atoms with Crippen molar-refractivity contribution in [2.45, 2.75) is 42.4 Å². The van der Waals surface area contributed by atoms with Crippen LogP contribution in [-0.2, 0) is 4.79 Å². The van der Waals surface area contributed by atoms with Crippen LogP contribution >= 0.6 is 58.8 Å². The molecule has 0 saturated heterocycles. The largest absolute Gasteiger partial charge is 0.477 e. The first-order chi connectivity index (χ1) is 20.9. The normalized spacial score (nSPS) is 14.4. The summed E-state index contributed by atoms with van der Waals surface area (Å²) in [5, 5.41) is 18.3. The second kappa shape index (κ2) is 14.9. The quantitative estimate of drug-likeness (QED) is 0.123. The molecule has 5 rings (SSSR count). The Balaban J connectivity index is 1.44. The SMILES string of the molecule is CCCCCCN1c2ccc(C=C3SC(SC)=C(SC)S3)cc2Sc2cc(-c3ccc(/C=C(/C#N)C(=O)O)cc3)ccc21. The molecule has 0 spiro atoms. The van der Waals surface area contributed by atoms with Gasteiger partial charge in [-0.05, 0) is 77.6 Å². The predicted molar refractivity (Wildman–Crippen MR) is 192 cm³/mol. The standard InChI is InChI=1S/C34H32N2O2S5/c1-4-5-6-7-16-36-27-14-10-23(19-31-42-33(39-2)34(40-3)43-31)18-29(27)41-30-20-25(13-15-28(30)36)24-11-8-22(9-12-24)17-26(21-35)32(37)38/h8-15,17-20H,4-7,16H2,1-3H3,(H,37,38)/b26-17-. The molecule has 0 aromatic heterocycles. The molecule has 1 N–H and O–H groups in total. The molecule has 3 aromatic rings. The third-order valence-electron chi connectivity index (χ3n) is 7.09. The Labute approximate surface area is 275 Å². The number of unbranched alkanes of at least 4 members (excludes halogenated alkanes) is 3. The fraction of sp³-hybridized carbons (Fsp3) is 0.235. The maximum absolute atomic E-state index is 11.2. The number of carboxylic acids is 1. The minimum absolute atomic E-state index is 0.276. The van der Waals surface area contributed by atoms with Crippen molar-refractivity contribution in [2.24, 2.45) is 0 Å². The van der Waals surface area contributed by atoms with E-state index in [-0.39, 0.29) is 5.57 Å². The summed E-state index contributed by atoms with van der Waals surface area (Å²) in [4.78, 5) is 16.2. The van der Waals surface area contributed by atoms with Crippen molar-refractivity contribution in [3.63, 3.8) is 0 Å². The van der Waals surface area contributed by atoms with Crippen LogP contribution in [0.15, 0.2) is 88.7 Å². The highest BCUT2D eigenvalue weighted by molar-refractivity contribution is 8.40. The Bertz CT molecular complexity index is 1640. The van der Waals surface area contributed by atoms with Gasteiger partial charge in [0, 0.05) is 16.3 Å². The number of carbonyl (C=O) groups is 1. The molecule has 0 fully saturated rings. The zero-order valence-corrected chi connectivity index (χ0v) is 28.3. The first-order valence-electron chi connectivity index (χ1n) is 14.0. The number of thioether (sulfide) groups is 4. The Morgan fingerprint density at radius 2 is 1.49 bits per heavy atom. The van der Waals surface area contributed by atoms with E-state index in [9.17, 15) is 9.90 Å². The van der Waals surface area contributed by atoms with Crippen LogP contribution in [-0.4, -0.2) is 30.1 Å². The van der Waals surface area contributed by atoms with Gasteiger partial charge in [-0.1, -0.05) is 97.9 Å². The van der Waals surface area contributed by atoms with Gasteiger partial charge in [0.05, 0.1) is 24.1 Å². The van der Waals surface area contributed by atoms with Crippen LogP contribution in [0.1, 0.15) is 43.7 Å². The number of benzene rings is 3. The molecule has 0 bridgehead atoms. The molecule has 3 aromatic carbocycles. The lowest BCUT2D eigenvalue weighted by atomic mass is 10.0. The van der Waals surface area contributed by atoms with Crippen LogP contribution in [0.2, 0.25) is 0 Å². The summed E-state index contributed by atoms with van der Waals surface area (Å²) in [5.41, 5.74) is 6.29. The van der Waals surface area contributed by atoms with Gasteiger partial charge in [0.2, 0.25) is 0 Å². The van der Waals surface area contributed by atoms with Gasteiger partial charge in [-0.15, -0.1) is 23.5 Å². The van der Waals surface area contributed by atoms with Crippen LogP contribution < -0.4 is 4.90 Å². The summed E-state index contributed by atoms with van der Waals surface area (Å²) in [5.74, 6) is -1.22. The van der Waals surface area contributed by atoms with Crippen LogP contribution in [0.4, 0.5) is 11.4 Å². The average Bonchev–Trinajstić information content (AvgIpc) is 3.43. The number of carboxylic acid groups (broad SMARTS) is 1. The summed E-state index contributed by atoms with van der Waals surface area (Å²) in [7, 11) is 0. The molecule has 43 heavy (non-hydrogen) atoms. The first kappa shape index (κ1) is 31.8. The molecule has 2 aliphatic heterocycles. The Morgan fingerprint density at radius 3 is 2.12 bits per heavy atom. The second-order valence-corrected chi connectivity index (χ2v) is 15.6. The van der Waals surface area contributed by atoms with Gasteiger partial charge in [0.15, 0.2) is 0 Å². The third kappa shape index (κ3) is 7.55. The molecule has 9 heteroatoms. The van der Waals surface area contributed by atoms with E-state index in [4.69, 9.17) is 5.26 Å². The third-order valence-corrected chi connectivity index (χ3v) is 13.3. The van der Waals surface area contributed by atoms with Gasteiger partial charge in [-0.25, -0.2) is 4.79 Å². The topological polar surface area (TPSA) is 64.3 Å². The van der Waals surface area contributed by atoms with Gasteiger partial charge in [0.25, 0.3) is 0 Å². The Morgan fingerprint density at radius 1 is 0.860 bits per heavy atom. The van der Waals surface area contributed by atoms with Crippen LogP contribution in [0, 0.1) is 11.3 Å². The summed E-state index contributed by atoms with van der Waals surface area (Å²) in [6, 6.07) is 22.9. The number of nitrogens with zero attached hydrogens (tertiary/aromatic N) is 2. The van der Waals surface area contributed by atoms with Gasteiger partial charge >= 0.3 is 5.97 Å². The number of fused-ring (bicyclic) bond motifs is 2. The van der Waals surface area contributed by atoms with Crippen molar-refractivity contribution in [1.29, 1.82) is 5.26 Å². The highest BCUT2D eigenvalue weighted by Crippen LogP contribution is 2.57. The zero-order chi connectivity index (χ0) is 30.3. The number of rotatable bonds is 11. The summed E-state index contributed by atoms with van der Waals surface area (Å²) < 4.78 is 4.08. The Hall–Kier alpha value is -2.61. The fourth-order valence-electron chi connectivity index (χ4n) is 4.92. The molecule has 0 saturated carbocycles. The van der Waals surface area contributed by atoms with E-state index >= 15 is 0 Å². The molecule has 220 valence electrons. The summed E-state index contributed by atoms with van der Waals surface area (Å²) in [6.45, 7) is 3.23.